The molecule has 0 aliphatic carbocycles. The van der Waals surface area contributed by atoms with E-state index in [1.807, 2.05) is 37.1 Å². The predicted octanol–water partition coefficient (Wildman–Crippen LogP) is 7.01. The van der Waals surface area contributed by atoms with E-state index in [2.05, 4.69) is 121 Å². The number of aromatic amines is 1. The normalized spacial score (nSPS) is 16.0. The average Bonchev–Trinajstić information content (AvgIpc) is 3.43. The van der Waals surface area contributed by atoms with Crippen molar-refractivity contribution in [3.05, 3.63) is 43.1 Å². The maximum atomic E-state index is 6.13. The van der Waals surface area contributed by atoms with Gasteiger partial charge in [-0.25, -0.2) is 0 Å². The summed E-state index contributed by atoms with van der Waals surface area (Å²) in [5, 5.41) is 15.8. The molecule has 8 nitrogen and oxygen atoms in total. The molecule has 4 heterocycles. The van der Waals surface area contributed by atoms with E-state index in [-0.39, 0.29) is 18.3 Å². The van der Waals surface area contributed by atoms with Gasteiger partial charge in [0.05, 0.1) is 42.9 Å². The fraction of sp³-hybridized carbons (Fsp3) is 0.667. The molecule has 38 heavy (non-hydrogen) atoms. The minimum absolute atomic E-state index is 0.309. The summed E-state index contributed by atoms with van der Waals surface area (Å²) in [5.41, 5.74) is 6.95. The van der Waals surface area contributed by atoms with Crippen molar-refractivity contribution in [2.24, 2.45) is 0 Å². The summed E-state index contributed by atoms with van der Waals surface area (Å²) in [4.78, 5) is 0. The van der Waals surface area contributed by atoms with Crippen LogP contribution in [0.1, 0.15) is 102 Å². The zero-order valence-electron chi connectivity index (χ0n) is 25.5. The zero-order chi connectivity index (χ0) is 29.3. The predicted molar refractivity (Wildman–Crippen MR) is 163 cm³/mol. The summed E-state index contributed by atoms with van der Waals surface area (Å²) < 4.78 is 18.5. The van der Waals surface area contributed by atoms with Crippen LogP contribution in [0.25, 0.3) is 0 Å². The molecule has 3 aromatic heterocycles. The van der Waals surface area contributed by atoms with Gasteiger partial charge in [-0.1, -0.05) is 0 Å². The number of aryl methyl sites for hydroxylation is 4. The van der Waals surface area contributed by atoms with Gasteiger partial charge in [-0.2, -0.15) is 15.3 Å². The molecule has 0 aromatic carbocycles. The van der Waals surface area contributed by atoms with E-state index in [4.69, 9.17) is 9.31 Å². The molecule has 1 fully saturated rings. The van der Waals surface area contributed by atoms with Crippen LogP contribution in [0.5, 0.6) is 0 Å². The Labute approximate surface area is 246 Å². The molecule has 0 bridgehead atoms. The maximum absolute atomic E-state index is 6.13. The smallest absolute Gasteiger partial charge is 0.399 e. The van der Waals surface area contributed by atoms with Gasteiger partial charge < -0.3 is 9.31 Å². The molecule has 4 rings (SSSR count). The second-order valence-corrected chi connectivity index (χ2v) is 13.1. The number of hydrogen-bond acceptors (Lipinski definition) is 5. The third-order valence-electron chi connectivity index (χ3n) is 7.12. The van der Waals surface area contributed by atoms with Gasteiger partial charge in [0.25, 0.3) is 0 Å². The second kappa shape index (κ2) is 12.4. The highest BCUT2D eigenvalue weighted by atomic mass is 79.9. The number of rotatable bonds is 3. The van der Waals surface area contributed by atoms with Crippen molar-refractivity contribution in [3.63, 3.8) is 0 Å². The Balaban J connectivity index is 0.000000224. The third kappa shape index (κ3) is 7.01. The molecule has 0 radical (unpaired) electrons. The average molecular weight is 656 g/mol. The summed E-state index contributed by atoms with van der Waals surface area (Å²) in [5.74, 6) is 0. The molecule has 0 unspecified atom stereocenters. The van der Waals surface area contributed by atoms with Gasteiger partial charge in [0.1, 0.15) is 0 Å². The summed E-state index contributed by atoms with van der Waals surface area (Å²) >= 11 is 6.84. The molecule has 1 aliphatic heterocycles. The summed E-state index contributed by atoms with van der Waals surface area (Å²) in [7, 11) is -0.322. The lowest BCUT2D eigenvalue weighted by Crippen LogP contribution is -2.41. The van der Waals surface area contributed by atoms with Crippen molar-refractivity contribution in [1.29, 1.82) is 0 Å². The molecule has 0 spiro atoms. The third-order valence-corrected chi connectivity index (χ3v) is 9.44. The van der Waals surface area contributed by atoms with Crippen LogP contribution < -0.4 is 5.46 Å². The molecule has 212 valence electrons. The fourth-order valence-corrected chi connectivity index (χ4v) is 4.60. The molecule has 0 amide bonds. The molecular formula is C27H45BBr2N6O2. The van der Waals surface area contributed by atoms with Gasteiger partial charge >= 0.3 is 7.12 Å². The van der Waals surface area contributed by atoms with E-state index in [0.29, 0.717) is 12.1 Å². The number of H-pyrrole nitrogens is 1. The highest BCUT2D eigenvalue weighted by Gasteiger charge is 2.53. The molecule has 1 saturated heterocycles. The number of halogens is 2. The van der Waals surface area contributed by atoms with E-state index in [1.165, 1.54) is 5.69 Å². The van der Waals surface area contributed by atoms with Crippen molar-refractivity contribution in [2.45, 2.75) is 120 Å². The van der Waals surface area contributed by atoms with Crippen LogP contribution in [0.2, 0.25) is 0 Å². The first-order valence-corrected chi connectivity index (χ1v) is 14.7. The minimum Gasteiger partial charge on any atom is -0.399 e. The Morgan fingerprint density at radius 3 is 1.42 bits per heavy atom. The quantitative estimate of drug-likeness (QED) is 0.307. The second-order valence-electron chi connectivity index (χ2n) is 11.5. The number of aromatic nitrogens is 6. The van der Waals surface area contributed by atoms with Crippen molar-refractivity contribution in [2.75, 3.05) is 0 Å². The zero-order valence-corrected chi connectivity index (χ0v) is 28.7. The SMILES string of the molecule is Cc1n[nH]c(C)c1Br.Cc1nn(C(C)C)c(C)c1B1OC(C)(C)C(C)(C)O1.Cc1nn(C(C)C)c(C)c1Br. The Hall–Kier alpha value is -1.43. The first-order chi connectivity index (χ1) is 17.3. The Kier molecular flexibility index (Phi) is 10.7. The highest BCUT2D eigenvalue weighted by molar-refractivity contribution is 9.10. The molecule has 3 aromatic rings. The lowest BCUT2D eigenvalue weighted by molar-refractivity contribution is 0.00578. The first kappa shape index (κ1) is 32.8. The van der Waals surface area contributed by atoms with Gasteiger partial charge in [-0.05, 0) is 129 Å². The number of hydrogen-bond donors (Lipinski definition) is 1. The van der Waals surface area contributed by atoms with E-state index in [1.54, 1.807) is 0 Å². The lowest BCUT2D eigenvalue weighted by Gasteiger charge is -2.32. The fourth-order valence-electron chi connectivity index (χ4n) is 4.16. The maximum Gasteiger partial charge on any atom is 0.498 e. The summed E-state index contributed by atoms with van der Waals surface area (Å²) in [6.07, 6.45) is 0. The van der Waals surface area contributed by atoms with Gasteiger partial charge in [-0.3, -0.25) is 14.5 Å². The Morgan fingerprint density at radius 1 is 0.711 bits per heavy atom. The number of nitrogens with one attached hydrogen (secondary N) is 1. The van der Waals surface area contributed by atoms with Crippen LogP contribution in [0.4, 0.5) is 0 Å². The number of nitrogens with zero attached hydrogens (tertiary/aromatic N) is 5. The van der Waals surface area contributed by atoms with Crippen LogP contribution in [0.15, 0.2) is 8.95 Å². The van der Waals surface area contributed by atoms with E-state index >= 15 is 0 Å². The molecule has 0 atom stereocenters. The van der Waals surface area contributed by atoms with Crippen molar-refractivity contribution in [1.82, 2.24) is 29.8 Å². The monoisotopic (exact) mass is 654 g/mol. The van der Waals surface area contributed by atoms with Gasteiger partial charge in [-0.15, -0.1) is 0 Å². The van der Waals surface area contributed by atoms with E-state index in [9.17, 15) is 0 Å². The standard InChI is InChI=1S/C14H25BN2O2.C8H13BrN2.C5H7BrN2/c1-9(2)17-11(4)12(10(3)16-17)15-18-13(5,6)14(7,8)19-15;1-5(2)11-7(4)8(9)6(3)10-11;1-3-5(6)4(2)8-7-3/h9H,1-8H3;5H,1-4H3;1-2H3,(H,7,8). The van der Waals surface area contributed by atoms with Crippen LogP contribution in [0, 0.1) is 41.5 Å². The van der Waals surface area contributed by atoms with Crippen molar-refractivity contribution < 1.29 is 9.31 Å². The molecule has 1 N–H and O–H groups in total. The molecule has 1 aliphatic rings. The van der Waals surface area contributed by atoms with Crippen molar-refractivity contribution in [3.8, 4) is 0 Å². The largest absolute Gasteiger partial charge is 0.498 e. The topological polar surface area (TPSA) is 82.8 Å². The highest BCUT2D eigenvalue weighted by Crippen LogP contribution is 2.37. The summed E-state index contributed by atoms with van der Waals surface area (Å²) in [6.45, 7) is 28.9. The van der Waals surface area contributed by atoms with E-state index < -0.39 is 0 Å². The Morgan fingerprint density at radius 2 is 1.16 bits per heavy atom. The molecular weight excluding hydrogens is 611 g/mol. The summed E-state index contributed by atoms with van der Waals surface area (Å²) in [6, 6.07) is 0.787. The van der Waals surface area contributed by atoms with Gasteiger partial charge in [0.15, 0.2) is 0 Å². The minimum atomic E-state index is -0.322. The van der Waals surface area contributed by atoms with Crippen LogP contribution in [-0.4, -0.2) is 48.1 Å². The van der Waals surface area contributed by atoms with Gasteiger partial charge in [0.2, 0.25) is 0 Å². The molecule has 11 heteroatoms. The first-order valence-electron chi connectivity index (χ1n) is 13.1. The lowest BCUT2D eigenvalue weighted by atomic mass is 9.77. The van der Waals surface area contributed by atoms with Crippen LogP contribution in [-0.2, 0) is 9.31 Å². The van der Waals surface area contributed by atoms with Gasteiger partial charge in [0, 0.05) is 28.9 Å². The van der Waals surface area contributed by atoms with Crippen molar-refractivity contribution >= 4 is 44.4 Å². The van der Waals surface area contributed by atoms with E-state index in [0.717, 1.165) is 42.9 Å². The molecule has 0 saturated carbocycles. The van der Waals surface area contributed by atoms with Crippen LogP contribution >= 0.6 is 31.9 Å². The Bertz CT molecular complexity index is 1210. The van der Waals surface area contributed by atoms with Crippen LogP contribution in [0.3, 0.4) is 0 Å².